The quantitative estimate of drug-likeness (QED) is 0.465. The smallest absolute Gasteiger partial charge is 0.0698 e. The maximum Gasteiger partial charge on any atom is 0.0698 e. The second-order valence-electron chi connectivity index (χ2n) is 3.35. The highest BCUT2D eigenvalue weighted by atomic mass is 127. The lowest BCUT2D eigenvalue weighted by Gasteiger charge is -2.29. The van der Waals surface area contributed by atoms with E-state index < -0.39 is 0 Å². The van der Waals surface area contributed by atoms with Crippen LogP contribution in [0.5, 0.6) is 0 Å². The molecule has 0 aromatic heterocycles. The van der Waals surface area contributed by atoms with Crippen molar-refractivity contribution in [1.29, 1.82) is 0 Å². The topological polar surface area (TPSA) is 32.7 Å². The molecule has 13 heavy (non-hydrogen) atoms. The lowest BCUT2D eigenvalue weighted by Crippen LogP contribution is -2.36. The highest BCUT2D eigenvalue weighted by Gasteiger charge is 2.15. The zero-order valence-corrected chi connectivity index (χ0v) is 10.1. The maximum atomic E-state index is 8.50. The van der Waals surface area contributed by atoms with E-state index in [1.807, 2.05) is 0 Å². The molecule has 0 unspecified atom stereocenters. The van der Waals surface area contributed by atoms with Gasteiger partial charge in [-0.05, 0) is 25.9 Å². The van der Waals surface area contributed by atoms with Gasteiger partial charge in [0.25, 0.3) is 0 Å². The highest BCUT2D eigenvalue weighted by Crippen LogP contribution is 2.17. The van der Waals surface area contributed by atoms with Gasteiger partial charge in [0, 0.05) is 10.5 Å². The number of piperidine rings is 1. The summed E-state index contributed by atoms with van der Waals surface area (Å²) in [5.74, 6) is 0. The molecule has 0 aromatic rings. The molecule has 1 rings (SSSR count). The van der Waals surface area contributed by atoms with E-state index in [2.05, 4.69) is 27.5 Å². The number of aliphatic hydroxyl groups is 1. The van der Waals surface area contributed by atoms with Gasteiger partial charge < -0.3 is 14.7 Å². The monoisotopic (exact) mass is 299 g/mol. The normalized spacial score (nSPS) is 20.8. The highest BCUT2D eigenvalue weighted by molar-refractivity contribution is 14.1. The van der Waals surface area contributed by atoms with E-state index >= 15 is 0 Å². The molecule has 0 amide bonds. The van der Waals surface area contributed by atoms with Crippen LogP contribution in [0.15, 0.2) is 0 Å². The van der Waals surface area contributed by atoms with Crippen LogP contribution < -0.4 is 0 Å². The molecular weight excluding hydrogens is 281 g/mol. The van der Waals surface area contributed by atoms with Crippen molar-refractivity contribution in [1.82, 2.24) is 4.90 Å². The SMILES string of the molecule is OCCOCCN1CCC(I)CC1. The van der Waals surface area contributed by atoms with Gasteiger partial charge in [-0.3, -0.25) is 0 Å². The fourth-order valence-corrected chi connectivity index (χ4v) is 2.04. The Hall–Kier alpha value is 0.610. The lowest BCUT2D eigenvalue weighted by atomic mass is 10.1. The van der Waals surface area contributed by atoms with Crippen molar-refractivity contribution < 1.29 is 9.84 Å². The van der Waals surface area contributed by atoms with Crippen molar-refractivity contribution in [3.8, 4) is 0 Å². The zero-order valence-electron chi connectivity index (χ0n) is 7.91. The average Bonchev–Trinajstić information content (AvgIpc) is 2.15. The van der Waals surface area contributed by atoms with E-state index in [1.54, 1.807) is 0 Å². The molecule has 0 saturated carbocycles. The number of likely N-dealkylation sites (tertiary alicyclic amines) is 1. The zero-order chi connectivity index (χ0) is 9.52. The number of alkyl halides is 1. The minimum atomic E-state index is 0.135. The summed E-state index contributed by atoms with van der Waals surface area (Å²) in [4.78, 5) is 2.44. The first-order valence-corrected chi connectivity index (χ1v) is 6.12. The predicted molar refractivity (Wildman–Crippen MR) is 61.4 cm³/mol. The van der Waals surface area contributed by atoms with Crippen molar-refractivity contribution in [3.05, 3.63) is 0 Å². The largest absolute Gasteiger partial charge is 0.394 e. The van der Waals surface area contributed by atoms with Crippen molar-refractivity contribution in [2.24, 2.45) is 0 Å². The second-order valence-corrected chi connectivity index (χ2v) is 5.11. The third-order valence-electron chi connectivity index (χ3n) is 2.30. The van der Waals surface area contributed by atoms with Gasteiger partial charge in [0.05, 0.1) is 19.8 Å². The minimum absolute atomic E-state index is 0.135. The standard InChI is InChI=1S/C9H18INO2/c10-9-1-3-11(4-2-9)5-7-13-8-6-12/h9,12H,1-8H2. The minimum Gasteiger partial charge on any atom is -0.394 e. The van der Waals surface area contributed by atoms with Gasteiger partial charge in [-0.15, -0.1) is 0 Å². The van der Waals surface area contributed by atoms with Crippen LogP contribution >= 0.6 is 22.6 Å². The van der Waals surface area contributed by atoms with E-state index in [-0.39, 0.29) is 6.61 Å². The summed E-state index contributed by atoms with van der Waals surface area (Å²) in [7, 11) is 0. The Bertz CT molecular complexity index is 127. The number of hydrogen-bond acceptors (Lipinski definition) is 3. The maximum absolute atomic E-state index is 8.50. The van der Waals surface area contributed by atoms with Gasteiger partial charge in [-0.1, -0.05) is 22.6 Å². The summed E-state index contributed by atoms with van der Waals surface area (Å²) >= 11 is 2.53. The average molecular weight is 299 g/mol. The Labute approximate surface area is 93.6 Å². The molecule has 0 bridgehead atoms. The molecule has 3 nitrogen and oxygen atoms in total. The Morgan fingerprint density at radius 3 is 2.62 bits per heavy atom. The van der Waals surface area contributed by atoms with Crippen molar-refractivity contribution >= 4 is 22.6 Å². The van der Waals surface area contributed by atoms with Gasteiger partial charge in [-0.2, -0.15) is 0 Å². The molecular formula is C9H18INO2. The molecule has 4 heteroatoms. The number of ether oxygens (including phenoxy) is 1. The van der Waals surface area contributed by atoms with Crippen LogP contribution in [0.2, 0.25) is 0 Å². The molecule has 78 valence electrons. The molecule has 1 heterocycles. The number of hydrogen-bond donors (Lipinski definition) is 1. The molecule has 1 N–H and O–H groups in total. The Morgan fingerprint density at radius 2 is 2.00 bits per heavy atom. The molecule has 1 fully saturated rings. The first-order valence-electron chi connectivity index (χ1n) is 4.88. The van der Waals surface area contributed by atoms with Gasteiger partial charge >= 0.3 is 0 Å². The summed E-state index contributed by atoms with van der Waals surface area (Å²) in [6, 6.07) is 0. The number of rotatable bonds is 5. The summed E-state index contributed by atoms with van der Waals surface area (Å²) in [6.07, 6.45) is 2.61. The first-order chi connectivity index (χ1) is 6.33. The van der Waals surface area contributed by atoms with Gasteiger partial charge in [0.2, 0.25) is 0 Å². The van der Waals surface area contributed by atoms with Crippen LogP contribution in [0, 0.1) is 0 Å². The predicted octanol–water partition coefficient (Wildman–Crippen LogP) is 0.895. The molecule has 1 saturated heterocycles. The molecule has 1 aliphatic rings. The van der Waals surface area contributed by atoms with Crippen molar-refractivity contribution in [2.75, 3.05) is 39.5 Å². The van der Waals surface area contributed by atoms with Crippen LogP contribution in [-0.2, 0) is 4.74 Å². The molecule has 0 atom stereocenters. The fraction of sp³-hybridized carbons (Fsp3) is 1.00. The second kappa shape index (κ2) is 6.98. The van der Waals surface area contributed by atoms with Crippen molar-refractivity contribution in [3.63, 3.8) is 0 Å². The summed E-state index contributed by atoms with van der Waals surface area (Å²) in [6.45, 7) is 4.79. The van der Waals surface area contributed by atoms with Crippen LogP contribution in [-0.4, -0.2) is 53.4 Å². The summed E-state index contributed by atoms with van der Waals surface area (Å²) < 4.78 is 6.09. The number of nitrogens with zero attached hydrogens (tertiary/aromatic N) is 1. The number of halogens is 1. The van der Waals surface area contributed by atoms with Crippen LogP contribution in [0.4, 0.5) is 0 Å². The summed E-state index contributed by atoms with van der Waals surface area (Å²) in [5, 5.41) is 8.50. The third kappa shape index (κ3) is 5.15. The Balaban J connectivity index is 1.96. The molecule has 0 aromatic carbocycles. The summed E-state index contributed by atoms with van der Waals surface area (Å²) in [5.41, 5.74) is 0. The Morgan fingerprint density at radius 1 is 1.31 bits per heavy atom. The van der Waals surface area contributed by atoms with E-state index in [0.29, 0.717) is 6.61 Å². The molecule has 0 radical (unpaired) electrons. The van der Waals surface area contributed by atoms with Crippen LogP contribution in [0.1, 0.15) is 12.8 Å². The van der Waals surface area contributed by atoms with E-state index in [4.69, 9.17) is 9.84 Å². The lowest BCUT2D eigenvalue weighted by molar-refractivity contribution is 0.0702. The molecule has 0 spiro atoms. The third-order valence-corrected chi connectivity index (χ3v) is 3.55. The number of aliphatic hydroxyl groups excluding tert-OH is 1. The van der Waals surface area contributed by atoms with Gasteiger partial charge in [0.1, 0.15) is 0 Å². The van der Waals surface area contributed by atoms with Gasteiger partial charge in [-0.25, -0.2) is 0 Å². The molecule has 1 aliphatic heterocycles. The fourth-order valence-electron chi connectivity index (χ4n) is 1.49. The molecule has 0 aliphatic carbocycles. The van der Waals surface area contributed by atoms with E-state index in [0.717, 1.165) is 17.1 Å². The van der Waals surface area contributed by atoms with E-state index in [1.165, 1.54) is 25.9 Å². The Kier molecular flexibility index (Phi) is 6.27. The van der Waals surface area contributed by atoms with Crippen LogP contribution in [0.25, 0.3) is 0 Å². The van der Waals surface area contributed by atoms with Crippen LogP contribution in [0.3, 0.4) is 0 Å². The van der Waals surface area contributed by atoms with Gasteiger partial charge in [0.15, 0.2) is 0 Å². The van der Waals surface area contributed by atoms with E-state index in [9.17, 15) is 0 Å². The first kappa shape index (κ1) is 11.7. The van der Waals surface area contributed by atoms with Crippen molar-refractivity contribution in [2.45, 2.75) is 16.8 Å².